The second-order valence-electron chi connectivity index (χ2n) is 7.60. The van der Waals surface area contributed by atoms with Gasteiger partial charge in [-0.2, -0.15) is 0 Å². The quantitative estimate of drug-likeness (QED) is 0.109. The lowest BCUT2D eigenvalue weighted by molar-refractivity contribution is -0.0617. The van der Waals surface area contributed by atoms with Gasteiger partial charge in [-0.25, -0.2) is 0 Å². The van der Waals surface area contributed by atoms with E-state index in [-0.39, 0.29) is 17.2 Å². The molecule has 0 spiro atoms. The third-order valence-corrected chi connectivity index (χ3v) is 8.19. The van der Waals surface area contributed by atoms with Crippen molar-refractivity contribution in [3.05, 3.63) is 112 Å². The van der Waals surface area contributed by atoms with Gasteiger partial charge in [0.15, 0.2) is 21.0 Å². The maximum absolute atomic E-state index is 6.09. The van der Waals surface area contributed by atoms with Gasteiger partial charge in [0.25, 0.3) is 0 Å². The first-order valence-corrected chi connectivity index (χ1v) is 13.6. The summed E-state index contributed by atoms with van der Waals surface area (Å²) in [6.07, 6.45) is -0.268. The van der Waals surface area contributed by atoms with E-state index in [4.69, 9.17) is 14.2 Å². The van der Waals surface area contributed by atoms with Crippen LogP contribution in [0.15, 0.2) is 118 Å². The first-order valence-electron chi connectivity index (χ1n) is 11.3. The van der Waals surface area contributed by atoms with E-state index in [9.17, 15) is 0 Å². The van der Waals surface area contributed by atoms with Gasteiger partial charge in [0, 0.05) is 6.61 Å². The van der Waals surface area contributed by atoms with Gasteiger partial charge >= 0.3 is 0 Å². The predicted octanol–water partition coefficient (Wildman–Crippen LogP) is 7.73. The van der Waals surface area contributed by atoms with Crippen molar-refractivity contribution >= 4 is 33.5 Å². The fourth-order valence-corrected chi connectivity index (χ4v) is 6.33. The van der Waals surface area contributed by atoms with E-state index < -0.39 is 0 Å². The van der Waals surface area contributed by atoms with Crippen LogP contribution in [-0.2, 0) is 22.2 Å². The molecule has 0 aliphatic heterocycles. The van der Waals surface area contributed by atoms with Crippen LogP contribution in [0.3, 0.4) is 0 Å². The van der Waals surface area contributed by atoms with Gasteiger partial charge in [-0.05, 0) is 103 Å². The maximum Gasteiger partial charge on any atom is 0.197 e. The van der Waals surface area contributed by atoms with E-state index >= 15 is 0 Å². The molecule has 174 valence electrons. The largest absolute Gasteiger partial charge is 0.489 e. The standard InChI is InChI=1S/C29H28IO3S/c1-3-31-22(2)33-29-19-14-23(20-28(29)30)21-32-24-15-17-27(18-16-24)34(25-10-6-4-7-11-25)26-12-8-5-9-13-26/h4-20,22H,3,21H2,1-2H3/q+1. The summed E-state index contributed by atoms with van der Waals surface area (Å²) in [5, 5.41) is 0. The topological polar surface area (TPSA) is 27.7 Å². The van der Waals surface area contributed by atoms with Crippen LogP contribution in [0.1, 0.15) is 19.4 Å². The Morgan fingerprint density at radius 3 is 1.91 bits per heavy atom. The van der Waals surface area contributed by atoms with Crippen molar-refractivity contribution in [3.63, 3.8) is 0 Å². The SMILES string of the molecule is CCOC(C)Oc1ccc(COc2ccc([S+](c3ccccc3)c3ccccc3)cc2)cc1I. The molecular formula is C29H28IO3S+. The van der Waals surface area contributed by atoms with Crippen LogP contribution in [0.4, 0.5) is 0 Å². The fourth-order valence-electron chi connectivity index (χ4n) is 3.54. The van der Waals surface area contributed by atoms with Crippen LogP contribution < -0.4 is 9.47 Å². The zero-order valence-corrected chi connectivity index (χ0v) is 22.3. The molecule has 0 N–H and O–H groups in total. The van der Waals surface area contributed by atoms with Crippen LogP contribution in [-0.4, -0.2) is 12.9 Å². The molecule has 1 atom stereocenters. The predicted molar refractivity (Wildman–Crippen MR) is 147 cm³/mol. The summed E-state index contributed by atoms with van der Waals surface area (Å²) in [6, 6.07) is 35.9. The Labute approximate surface area is 218 Å². The first-order chi connectivity index (χ1) is 16.6. The van der Waals surface area contributed by atoms with Gasteiger partial charge < -0.3 is 14.2 Å². The van der Waals surface area contributed by atoms with Gasteiger partial charge in [0.05, 0.1) is 14.5 Å². The van der Waals surface area contributed by atoms with E-state index in [1.54, 1.807) is 0 Å². The Kier molecular flexibility index (Phi) is 8.91. The number of ether oxygens (including phenoxy) is 3. The summed E-state index contributed by atoms with van der Waals surface area (Å²) in [4.78, 5) is 3.88. The molecule has 0 bridgehead atoms. The monoisotopic (exact) mass is 583 g/mol. The second kappa shape index (κ2) is 12.3. The van der Waals surface area contributed by atoms with Crippen molar-refractivity contribution in [2.45, 2.75) is 41.4 Å². The molecule has 0 aromatic heterocycles. The summed E-state index contributed by atoms with van der Waals surface area (Å²) >= 11 is 2.29. The van der Waals surface area contributed by atoms with Crippen molar-refractivity contribution in [2.75, 3.05) is 6.61 Å². The Bertz CT molecular complexity index is 1130. The Morgan fingerprint density at radius 1 is 0.765 bits per heavy atom. The molecule has 0 saturated carbocycles. The molecule has 0 radical (unpaired) electrons. The van der Waals surface area contributed by atoms with Crippen LogP contribution in [0, 0.1) is 3.57 Å². The van der Waals surface area contributed by atoms with Crippen LogP contribution in [0.5, 0.6) is 11.5 Å². The summed E-state index contributed by atoms with van der Waals surface area (Å²) in [5.41, 5.74) is 1.10. The highest BCUT2D eigenvalue weighted by Gasteiger charge is 2.28. The second-order valence-corrected chi connectivity index (χ2v) is 10.8. The van der Waals surface area contributed by atoms with E-state index in [2.05, 4.69) is 114 Å². The van der Waals surface area contributed by atoms with Gasteiger partial charge in [-0.15, -0.1) is 0 Å². The Hall–Kier alpha value is -2.48. The average molecular weight is 584 g/mol. The molecule has 0 aliphatic carbocycles. The number of halogens is 1. The summed E-state index contributed by atoms with van der Waals surface area (Å²) in [6.45, 7) is 4.99. The molecule has 4 aromatic rings. The highest BCUT2D eigenvalue weighted by atomic mass is 127. The normalized spacial score (nSPS) is 11.9. The highest BCUT2D eigenvalue weighted by molar-refractivity contribution is 14.1. The van der Waals surface area contributed by atoms with E-state index in [0.717, 1.165) is 20.6 Å². The lowest BCUT2D eigenvalue weighted by Crippen LogP contribution is -2.16. The van der Waals surface area contributed by atoms with Crippen molar-refractivity contribution in [2.24, 2.45) is 0 Å². The Morgan fingerprint density at radius 2 is 1.35 bits per heavy atom. The summed E-state index contributed by atoms with van der Waals surface area (Å²) in [7, 11) is -0.156. The average Bonchev–Trinajstić information content (AvgIpc) is 2.87. The molecule has 0 heterocycles. The molecule has 0 fully saturated rings. The zero-order valence-electron chi connectivity index (χ0n) is 19.3. The van der Waals surface area contributed by atoms with Gasteiger partial charge in [0.1, 0.15) is 18.1 Å². The van der Waals surface area contributed by atoms with E-state index in [1.165, 1.54) is 14.7 Å². The van der Waals surface area contributed by atoms with Crippen molar-refractivity contribution in [3.8, 4) is 11.5 Å². The van der Waals surface area contributed by atoms with Crippen molar-refractivity contribution < 1.29 is 14.2 Å². The Balaban J connectivity index is 1.45. The molecule has 0 saturated heterocycles. The maximum atomic E-state index is 6.09. The number of benzene rings is 4. The minimum Gasteiger partial charge on any atom is -0.489 e. The van der Waals surface area contributed by atoms with Crippen molar-refractivity contribution in [1.29, 1.82) is 0 Å². The molecular weight excluding hydrogens is 555 g/mol. The van der Waals surface area contributed by atoms with Crippen molar-refractivity contribution in [1.82, 2.24) is 0 Å². The molecule has 4 rings (SSSR count). The molecule has 1 unspecified atom stereocenters. The van der Waals surface area contributed by atoms with Gasteiger partial charge in [-0.1, -0.05) is 42.5 Å². The van der Waals surface area contributed by atoms with Crippen LogP contribution in [0.25, 0.3) is 0 Å². The molecule has 5 heteroatoms. The highest BCUT2D eigenvalue weighted by Crippen LogP contribution is 2.32. The van der Waals surface area contributed by atoms with E-state index in [0.29, 0.717) is 13.2 Å². The lowest BCUT2D eigenvalue weighted by atomic mass is 10.2. The third-order valence-electron chi connectivity index (χ3n) is 5.11. The van der Waals surface area contributed by atoms with Crippen LogP contribution in [0.2, 0.25) is 0 Å². The molecule has 0 amide bonds. The molecule has 0 aliphatic rings. The third kappa shape index (κ3) is 6.56. The van der Waals surface area contributed by atoms with E-state index in [1.807, 2.05) is 26.0 Å². The lowest BCUT2D eigenvalue weighted by Gasteiger charge is -2.16. The smallest absolute Gasteiger partial charge is 0.197 e. The summed E-state index contributed by atoms with van der Waals surface area (Å²) in [5.74, 6) is 1.68. The van der Waals surface area contributed by atoms with Gasteiger partial charge in [0.2, 0.25) is 0 Å². The first kappa shape index (κ1) is 24.6. The zero-order chi connectivity index (χ0) is 23.8. The fraction of sp³-hybridized carbons (Fsp3) is 0.172. The summed E-state index contributed by atoms with van der Waals surface area (Å²) < 4.78 is 18.4. The molecule has 34 heavy (non-hydrogen) atoms. The minimum atomic E-state index is -0.268. The molecule has 4 aromatic carbocycles. The number of hydrogen-bond acceptors (Lipinski definition) is 3. The number of rotatable bonds is 10. The number of hydrogen-bond donors (Lipinski definition) is 0. The molecule has 3 nitrogen and oxygen atoms in total. The minimum absolute atomic E-state index is 0.156. The van der Waals surface area contributed by atoms with Gasteiger partial charge in [-0.3, -0.25) is 0 Å². The van der Waals surface area contributed by atoms with Crippen LogP contribution >= 0.6 is 22.6 Å².